The molecule has 1 aliphatic heterocycles. The molecule has 0 aliphatic carbocycles. The van der Waals surface area contributed by atoms with Crippen LogP contribution in [0, 0.1) is 5.92 Å². The van der Waals surface area contributed by atoms with E-state index >= 15 is 0 Å². The maximum absolute atomic E-state index is 10.6. The highest BCUT2D eigenvalue weighted by Crippen LogP contribution is 2.20. The largest absolute Gasteiger partial charge is 0.481 e. The van der Waals surface area contributed by atoms with E-state index in [1.165, 1.54) is 6.42 Å². The average Bonchev–Trinajstić information content (AvgIpc) is 2.96. The second kappa shape index (κ2) is 9.88. The van der Waals surface area contributed by atoms with Crippen LogP contribution in [0.15, 0.2) is 12.7 Å². The summed E-state index contributed by atoms with van der Waals surface area (Å²) in [6, 6.07) is 0. The number of carboxylic acids is 2. The topological polar surface area (TPSA) is 109 Å². The van der Waals surface area contributed by atoms with Gasteiger partial charge in [-0.15, -0.1) is 10.2 Å². The molecule has 1 aromatic heterocycles. The number of hydrogen-bond acceptors (Lipinski definition) is 5. The molecular formula is C14H24N4O4. The summed E-state index contributed by atoms with van der Waals surface area (Å²) < 4.78 is 1.97. The minimum absolute atomic E-state index is 0.296. The molecule has 0 bridgehead atoms. The molecule has 1 aromatic rings. The van der Waals surface area contributed by atoms with Gasteiger partial charge in [-0.2, -0.15) is 0 Å². The van der Waals surface area contributed by atoms with Gasteiger partial charge in [0.2, 0.25) is 0 Å². The van der Waals surface area contributed by atoms with Crippen LogP contribution in [0.25, 0.3) is 0 Å². The van der Waals surface area contributed by atoms with E-state index in [1.807, 2.05) is 4.57 Å². The fourth-order valence-corrected chi connectivity index (χ4v) is 2.51. The second-order valence-corrected chi connectivity index (χ2v) is 5.46. The SMILES string of the molecule is CC(=O)O.O=C(O)CCC1CCCN(CCn2cnnc2)C1. The summed E-state index contributed by atoms with van der Waals surface area (Å²) in [6.07, 6.45) is 6.89. The quantitative estimate of drug-likeness (QED) is 0.804. The van der Waals surface area contributed by atoms with Crippen molar-refractivity contribution in [1.29, 1.82) is 0 Å². The fourth-order valence-electron chi connectivity index (χ4n) is 2.51. The maximum Gasteiger partial charge on any atom is 0.303 e. The molecule has 2 N–H and O–H groups in total. The Morgan fingerprint density at radius 1 is 1.23 bits per heavy atom. The summed E-state index contributed by atoms with van der Waals surface area (Å²) in [5, 5.41) is 23.7. The lowest BCUT2D eigenvalue weighted by molar-refractivity contribution is -0.137. The summed E-state index contributed by atoms with van der Waals surface area (Å²) in [4.78, 5) is 22.0. The van der Waals surface area contributed by atoms with E-state index in [0.29, 0.717) is 12.3 Å². The molecule has 0 radical (unpaired) electrons. The van der Waals surface area contributed by atoms with Gasteiger partial charge in [0.15, 0.2) is 0 Å². The maximum atomic E-state index is 10.6. The van der Waals surface area contributed by atoms with Crippen molar-refractivity contribution in [3.8, 4) is 0 Å². The molecule has 0 amide bonds. The highest BCUT2D eigenvalue weighted by atomic mass is 16.4. The zero-order valence-electron chi connectivity index (χ0n) is 12.9. The molecule has 8 heteroatoms. The Hall–Kier alpha value is -1.96. The van der Waals surface area contributed by atoms with Crippen molar-refractivity contribution in [3.05, 3.63) is 12.7 Å². The van der Waals surface area contributed by atoms with Crippen LogP contribution in [0.2, 0.25) is 0 Å². The number of carbonyl (C=O) groups is 2. The van der Waals surface area contributed by atoms with Gasteiger partial charge < -0.3 is 19.7 Å². The number of aromatic nitrogens is 3. The first-order chi connectivity index (χ1) is 10.5. The number of nitrogens with zero attached hydrogens (tertiary/aromatic N) is 4. The van der Waals surface area contributed by atoms with Gasteiger partial charge in [0, 0.05) is 33.0 Å². The summed E-state index contributed by atoms with van der Waals surface area (Å²) >= 11 is 0. The summed E-state index contributed by atoms with van der Waals surface area (Å²) in [5.41, 5.74) is 0. The molecule has 1 aliphatic rings. The molecule has 124 valence electrons. The Labute approximate surface area is 129 Å². The van der Waals surface area contributed by atoms with E-state index < -0.39 is 11.9 Å². The van der Waals surface area contributed by atoms with Crippen LogP contribution >= 0.6 is 0 Å². The fraction of sp³-hybridized carbons (Fsp3) is 0.714. The lowest BCUT2D eigenvalue weighted by Crippen LogP contribution is -2.37. The Kier molecular flexibility index (Phi) is 8.13. The van der Waals surface area contributed by atoms with Gasteiger partial charge in [-0.25, -0.2) is 0 Å². The molecular weight excluding hydrogens is 288 g/mol. The van der Waals surface area contributed by atoms with Crippen molar-refractivity contribution in [3.63, 3.8) is 0 Å². The van der Waals surface area contributed by atoms with E-state index in [9.17, 15) is 4.79 Å². The molecule has 1 saturated heterocycles. The van der Waals surface area contributed by atoms with Crippen molar-refractivity contribution >= 4 is 11.9 Å². The lowest BCUT2D eigenvalue weighted by atomic mass is 9.93. The van der Waals surface area contributed by atoms with Crippen molar-refractivity contribution < 1.29 is 19.8 Å². The Bertz CT molecular complexity index is 446. The summed E-state index contributed by atoms with van der Waals surface area (Å²) in [5.74, 6) is -0.979. The molecule has 8 nitrogen and oxygen atoms in total. The predicted octanol–water partition coefficient (Wildman–Crippen LogP) is 0.946. The van der Waals surface area contributed by atoms with Crippen molar-refractivity contribution in [2.45, 2.75) is 39.2 Å². The number of hydrogen-bond donors (Lipinski definition) is 2. The minimum atomic E-state index is -0.833. The number of rotatable bonds is 6. The average molecular weight is 312 g/mol. The molecule has 0 aromatic carbocycles. The van der Waals surface area contributed by atoms with Crippen LogP contribution in [-0.2, 0) is 16.1 Å². The molecule has 1 unspecified atom stereocenters. The van der Waals surface area contributed by atoms with Gasteiger partial charge in [0.25, 0.3) is 5.97 Å². The number of likely N-dealkylation sites (tertiary alicyclic amines) is 1. The van der Waals surface area contributed by atoms with Gasteiger partial charge in [-0.3, -0.25) is 9.59 Å². The van der Waals surface area contributed by atoms with Crippen LogP contribution in [-0.4, -0.2) is 61.5 Å². The van der Waals surface area contributed by atoms with Gasteiger partial charge in [-0.05, 0) is 31.7 Å². The van der Waals surface area contributed by atoms with E-state index in [-0.39, 0.29) is 0 Å². The van der Waals surface area contributed by atoms with E-state index in [0.717, 1.165) is 45.9 Å². The van der Waals surface area contributed by atoms with Gasteiger partial charge >= 0.3 is 5.97 Å². The molecule has 0 saturated carbocycles. The van der Waals surface area contributed by atoms with Gasteiger partial charge in [0.05, 0.1) is 0 Å². The minimum Gasteiger partial charge on any atom is -0.481 e. The standard InChI is InChI=1S/C12H20N4O2.C2H4O2/c17-12(18)4-3-11-2-1-5-15(8-11)6-7-16-9-13-14-10-16;1-2(3)4/h9-11H,1-8H2,(H,17,18);1H3,(H,3,4). The number of piperidine rings is 1. The van der Waals surface area contributed by atoms with E-state index in [2.05, 4.69) is 15.1 Å². The highest BCUT2D eigenvalue weighted by molar-refractivity contribution is 5.66. The molecule has 0 spiro atoms. The van der Waals surface area contributed by atoms with Crippen LogP contribution in [0.4, 0.5) is 0 Å². The van der Waals surface area contributed by atoms with Crippen LogP contribution < -0.4 is 0 Å². The Morgan fingerprint density at radius 2 is 1.86 bits per heavy atom. The third kappa shape index (κ3) is 8.35. The predicted molar refractivity (Wildman–Crippen MR) is 79.4 cm³/mol. The Morgan fingerprint density at radius 3 is 2.45 bits per heavy atom. The molecule has 1 atom stereocenters. The smallest absolute Gasteiger partial charge is 0.303 e. The third-order valence-corrected chi connectivity index (χ3v) is 3.51. The summed E-state index contributed by atoms with van der Waals surface area (Å²) in [6.45, 7) is 5.11. The lowest BCUT2D eigenvalue weighted by Gasteiger charge is -2.32. The van der Waals surface area contributed by atoms with Gasteiger partial charge in [0.1, 0.15) is 12.7 Å². The molecule has 1 fully saturated rings. The van der Waals surface area contributed by atoms with E-state index in [4.69, 9.17) is 15.0 Å². The van der Waals surface area contributed by atoms with Gasteiger partial charge in [-0.1, -0.05) is 0 Å². The third-order valence-electron chi connectivity index (χ3n) is 3.51. The zero-order chi connectivity index (χ0) is 16.4. The first-order valence-electron chi connectivity index (χ1n) is 7.43. The molecule has 2 rings (SSSR count). The summed E-state index contributed by atoms with van der Waals surface area (Å²) in [7, 11) is 0. The van der Waals surface area contributed by atoms with Crippen LogP contribution in [0.3, 0.4) is 0 Å². The normalized spacial score (nSPS) is 18.3. The first-order valence-corrected chi connectivity index (χ1v) is 7.43. The van der Waals surface area contributed by atoms with E-state index in [1.54, 1.807) is 12.7 Å². The van der Waals surface area contributed by atoms with Crippen LogP contribution in [0.5, 0.6) is 0 Å². The van der Waals surface area contributed by atoms with Crippen molar-refractivity contribution in [2.75, 3.05) is 19.6 Å². The number of carboxylic acid groups (broad SMARTS) is 2. The highest BCUT2D eigenvalue weighted by Gasteiger charge is 2.20. The molecule has 2 heterocycles. The van der Waals surface area contributed by atoms with Crippen molar-refractivity contribution in [2.24, 2.45) is 5.92 Å². The zero-order valence-corrected chi connectivity index (χ0v) is 12.9. The molecule has 22 heavy (non-hydrogen) atoms. The number of aliphatic carboxylic acids is 2. The second-order valence-electron chi connectivity index (χ2n) is 5.46. The Balaban J connectivity index is 0.000000541. The van der Waals surface area contributed by atoms with Crippen LogP contribution in [0.1, 0.15) is 32.6 Å². The monoisotopic (exact) mass is 312 g/mol. The van der Waals surface area contributed by atoms with Crippen molar-refractivity contribution in [1.82, 2.24) is 19.7 Å². The first kappa shape index (κ1) is 18.1.